The Hall–Kier alpha value is -2.50. The van der Waals surface area contributed by atoms with Gasteiger partial charge in [-0.05, 0) is 42.7 Å². The van der Waals surface area contributed by atoms with Crippen LogP contribution in [0.5, 0.6) is 5.75 Å². The minimum Gasteiger partial charge on any atom is -0.487 e. The molecule has 1 fully saturated rings. The molecule has 3 aromatic rings. The number of rotatable bonds is 5. The van der Waals surface area contributed by atoms with Crippen molar-refractivity contribution in [1.82, 2.24) is 9.88 Å². The zero-order valence-corrected chi connectivity index (χ0v) is 16.0. The van der Waals surface area contributed by atoms with Crippen LogP contribution < -0.4 is 10.5 Å². The van der Waals surface area contributed by atoms with E-state index in [-0.39, 0.29) is 24.4 Å². The molecular formula is C21H24ClN3O2. The largest absolute Gasteiger partial charge is 0.487 e. The fourth-order valence-corrected chi connectivity index (χ4v) is 3.43. The predicted molar refractivity (Wildman–Crippen MR) is 109 cm³/mol. The van der Waals surface area contributed by atoms with E-state index in [9.17, 15) is 4.79 Å². The molecule has 3 N–H and O–H groups in total. The van der Waals surface area contributed by atoms with Gasteiger partial charge in [-0.1, -0.05) is 30.3 Å². The molecule has 0 bridgehead atoms. The summed E-state index contributed by atoms with van der Waals surface area (Å²) in [6, 6.07) is 15.5. The molecule has 142 valence electrons. The number of nitrogens with zero attached hydrogens (tertiary/aromatic N) is 1. The lowest BCUT2D eigenvalue weighted by Gasteiger charge is -2.40. The molecule has 1 aliphatic rings. The van der Waals surface area contributed by atoms with Gasteiger partial charge in [0, 0.05) is 17.1 Å². The number of H-pyrrole nitrogens is 1. The van der Waals surface area contributed by atoms with E-state index in [0.717, 1.165) is 27.8 Å². The standard InChI is InChI=1S/C21H23N3O2.ClH/c1-14-5-4-6-16(9-14)26-17-12-24(13-17)21(25)19(22)10-15-11-23-20-8-3-2-7-18(15)20;/h2-9,11,17,19,23H,10,12-13,22H2,1H3;1H/t19-;/m1./s1. The number of amides is 1. The molecule has 1 aliphatic heterocycles. The van der Waals surface area contributed by atoms with Gasteiger partial charge in [-0.25, -0.2) is 0 Å². The van der Waals surface area contributed by atoms with Crippen LogP contribution in [0.15, 0.2) is 54.7 Å². The molecule has 6 heteroatoms. The van der Waals surface area contributed by atoms with Crippen molar-refractivity contribution in [3.8, 4) is 5.75 Å². The maximum absolute atomic E-state index is 12.6. The third-order valence-electron chi connectivity index (χ3n) is 4.88. The number of carbonyl (C=O) groups is 1. The number of benzene rings is 2. The van der Waals surface area contributed by atoms with Crippen molar-refractivity contribution >= 4 is 29.2 Å². The van der Waals surface area contributed by atoms with Crippen LogP contribution in [0.3, 0.4) is 0 Å². The van der Waals surface area contributed by atoms with Crippen molar-refractivity contribution in [1.29, 1.82) is 0 Å². The van der Waals surface area contributed by atoms with Gasteiger partial charge >= 0.3 is 0 Å². The van der Waals surface area contributed by atoms with Gasteiger partial charge in [-0.2, -0.15) is 0 Å². The Morgan fingerprint density at radius 1 is 1.26 bits per heavy atom. The Bertz CT molecular complexity index is 934. The van der Waals surface area contributed by atoms with Crippen LogP contribution in [0.4, 0.5) is 0 Å². The fraction of sp³-hybridized carbons (Fsp3) is 0.286. The smallest absolute Gasteiger partial charge is 0.240 e. The number of nitrogens with two attached hydrogens (primary N) is 1. The highest BCUT2D eigenvalue weighted by Gasteiger charge is 2.34. The first kappa shape index (κ1) is 19.3. The van der Waals surface area contributed by atoms with E-state index in [2.05, 4.69) is 4.98 Å². The molecule has 1 atom stereocenters. The van der Waals surface area contributed by atoms with Crippen LogP contribution >= 0.6 is 12.4 Å². The number of aryl methyl sites for hydroxylation is 1. The third-order valence-corrected chi connectivity index (χ3v) is 4.88. The number of para-hydroxylation sites is 1. The first-order chi connectivity index (χ1) is 12.6. The number of halogens is 1. The Labute approximate surface area is 164 Å². The minimum atomic E-state index is -0.533. The SMILES string of the molecule is Cc1cccc(OC2CN(C(=O)[C@H](N)Cc3c[nH]c4ccccc34)C2)c1.Cl. The summed E-state index contributed by atoms with van der Waals surface area (Å²) in [4.78, 5) is 17.6. The molecule has 0 saturated carbocycles. The lowest BCUT2D eigenvalue weighted by Crippen LogP contribution is -2.60. The van der Waals surface area contributed by atoms with Crippen molar-refractivity contribution in [2.45, 2.75) is 25.5 Å². The summed E-state index contributed by atoms with van der Waals surface area (Å²) in [5, 5.41) is 1.13. The number of hydrogen-bond acceptors (Lipinski definition) is 3. The van der Waals surface area contributed by atoms with Crippen molar-refractivity contribution < 1.29 is 9.53 Å². The van der Waals surface area contributed by atoms with Gasteiger partial charge in [0.15, 0.2) is 0 Å². The molecule has 27 heavy (non-hydrogen) atoms. The molecule has 4 rings (SSSR count). The maximum Gasteiger partial charge on any atom is 0.240 e. The predicted octanol–water partition coefficient (Wildman–Crippen LogP) is 3.06. The van der Waals surface area contributed by atoms with Crippen molar-refractivity contribution in [2.75, 3.05) is 13.1 Å². The normalized spacial score (nSPS) is 15.1. The Balaban J connectivity index is 0.00000210. The number of fused-ring (bicyclic) bond motifs is 1. The van der Waals surface area contributed by atoms with E-state index >= 15 is 0 Å². The lowest BCUT2D eigenvalue weighted by molar-refractivity contribution is -0.141. The summed E-state index contributed by atoms with van der Waals surface area (Å²) in [5.74, 6) is 0.838. The van der Waals surface area contributed by atoms with Crippen LogP contribution in [0.1, 0.15) is 11.1 Å². The Morgan fingerprint density at radius 3 is 2.81 bits per heavy atom. The number of carbonyl (C=O) groups excluding carboxylic acids is 1. The lowest BCUT2D eigenvalue weighted by atomic mass is 10.0. The molecule has 0 aliphatic carbocycles. The highest BCUT2D eigenvalue weighted by Crippen LogP contribution is 2.22. The second-order valence-corrected chi connectivity index (χ2v) is 6.97. The van der Waals surface area contributed by atoms with Crippen LogP contribution in [-0.4, -0.2) is 41.0 Å². The van der Waals surface area contributed by atoms with E-state index in [1.54, 1.807) is 4.90 Å². The van der Waals surface area contributed by atoms with Crippen LogP contribution in [0.2, 0.25) is 0 Å². The maximum atomic E-state index is 12.6. The fourth-order valence-electron chi connectivity index (χ4n) is 3.43. The minimum absolute atomic E-state index is 0. The van der Waals surface area contributed by atoms with E-state index in [1.807, 2.05) is 61.7 Å². The zero-order valence-electron chi connectivity index (χ0n) is 15.2. The number of aromatic amines is 1. The molecule has 0 spiro atoms. The van der Waals surface area contributed by atoms with Crippen LogP contribution in [0.25, 0.3) is 10.9 Å². The quantitative estimate of drug-likeness (QED) is 0.709. The van der Waals surface area contributed by atoms with Gasteiger partial charge in [-0.15, -0.1) is 12.4 Å². The first-order valence-electron chi connectivity index (χ1n) is 8.93. The number of hydrogen-bond donors (Lipinski definition) is 2. The number of aromatic nitrogens is 1. The van der Waals surface area contributed by atoms with Gasteiger partial charge < -0.3 is 20.4 Å². The molecule has 0 radical (unpaired) electrons. The average molecular weight is 386 g/mol. The molecule has 1 amide bonds. The summed E-state index contributed by atoms with van der Waals surface area (Å²) < 4.78 is 5.92. The van der Waals surface area contributed by atoms with Gasteiger partial charge in [0.1, 0.15) is 11.9 Å². The molecule has 5 nitrogen and oxygen atoms in total. The summed E-state index contributed by atoms with van der Waals surface area (Å²) in [6.45, 7) is 3.22. The molecule has 0 unspecified atom stereocenters. The highest BCUT2D eigenvalue weighted by atomic mass is 35.5. The molecule has 1 aromatic heterocycles. The molecular weight excluding hydrogens is 362 g/mol. The van der Waals surface area contributed by atoms with Gasteiger partial charge in [0.25, 0.3) is 0 Å². The van der Waals surface area contributed by atoms with Crippen LogP contribution in [0, 0.1) is 6.92 Å². The summed E-state index contributed by atoms with van der Waals surface area (Å²) in [5.41, 5.74) is 9.49. The zero-order chi connectivity index (χ0) is 18.1. The monoisotopic (exact) mass is 385 g/mol. The highest BCUT2D eigenvalue weighted by molar-refractivity contribution is 5.86. The third kappa shape index (κ3) is 4.10. The average Bonchev–Trinajstić information content (AvgIpc) is 3.00. The van der Waals surface area contributed by atoms with Gasteiger partial charge in [-0.3, -0.25) is 4.79 Å². The van der Waals surface area contributed by atoms with E-state index in [1.165, 1.54) is 0 Å². The Morgan fingerprint density at radius 2 is 2.04 bits per heavy atom. The number of nitrogens with one attached hydrogen (secondary N) is 1. The van der Waals surface area contributed by atoms with Crippen molar-refractivity contribution in [3.63, 3.8) is 0 Å². The second-order valence-electron chi connectivity index (χ2n) is 6.97. The first-order valence-corrected chi connectivity index (χ1v) is 8.93. The number of likely N-dealkylation sites (tertiary alicyclic amines) is 1. The molecule has 1 saturated heterocycles. The summed E-state index contributed by atoms with van der Waals surface area (Å²) >= 11 is 0. The topological polar surface area (TPSA) is 71.3 Å². The second kappa shape index (κ2) is 8.03. The number of ether oxygens (including phenoxy) is 1. The Kier molecular flexibility index (Phi) is 5.73. The van der Waals surface area contributed by atoms with Crippen LogP contribution in [-0.2, 0) is 11.2 Å². The van der Waals surface area contributed by atoms with E-state index in [0.29, 0.717) is 19.5 Å². The van der Waals surface area contributed by atoms with Gasteiger partial charge in [0.05, 0.1) is 19.1 Å². The van der Waals surface area contributed by atoms with E-state index in [4.69, 9.17) is 10.5 Å². The molecule has 2 aromatic carbocycles. The van der Waals surface area contributed by atoms with Crippen molar-refractivity contribution in [3.05, 3.63) is 65.9 Å². The van der Waals surface area contributed by atoms with Crippen molar-refractivity contribution in [2.24, 2.45) is 5.73 Å². The summed E-state index contributed by atoms with van der Waals surface area (Å²) in [7, 11) is 0. The summed E-state index contributed by atoms with van der Waals surface area (Å²) in [6.07, 6.45) is 2.52. The van der Waals surface area contributed by atoms with Gasteiger partial charge in [0.2, 0.25) is 5.91 Å². The molecule has 2 heterocycles. The van der Waals surface area contributed by atoms with E-state index < -0.39 is 6.04 Å².